The van der Waals surface area contributed by atoms with Crippen molar-refractivity contribution in [1.29, 1.82) is 0 Å². The van der Waals surface area contributed by atoms with Gasteiger partial charge in [0.05, 0.1) is 13.2 Å². The van der Waals surface area contributed by atoms with Gasteiger partial charge in [-0.3, -0.25) is 4.90 Å². The molecule has 0 aromatic carbocycles. The van der Waals surface area contributed by atoms with Crippen LogP contribution in [0.1, 0.15) is 34.6 Å². The normalized spacial score (nSPS) is 18.2. The minimum Gasteiger partial charge on any atom is -0.395 e. The van der Waals surface area contributed by atoms with E-state index in [0.29, 0.717) is 6.61 Å². The van der Waals surface area contributed by atoms with E-state index in [9.17, 15) is 5.11 Å². The first-order valence-corrected chi connectivity index (χ1v) is 6.40. The average molecular weight is 246 g/mol. The molecule has 0 saturated heterocycles. The minimum atomic E-state index is -0.0632. The van der Waals surface area contributed by atoms with E-state index in [2.05, 4.69) is 39.5 Å². The quantitative estimate of drug-likeness (QED) is 0.706. The Morgan fingerprint density at radius 2 is 1.88 bits per heavy atom. The Hall–Kier alpha value is -0.160. The van der Waals surface area contributed by atoms with E-state index in [1.165, 1.54) is 0 Å². The molecule has 0 bridgehead atoms. The van der Waals surface area contributed by atoms with Crippen LogP contribution in [0, 0.1) is 5.41 Å². The molecule has 0 aromatic rings. The topological polar surface area (TPSA) is 58.7 Å². The molecule has 0 saturated carbocycles. The summed E-state index contributed by atoms with van der Waals surface area (Å²) in [6.45, 7) is 12.1. The number of aliphatic hydroxyl groups excluding tert-OH is 1. The first kappa shape index (κ1) is 16.8. The Bertz CT molecular complexity index is 204. The van der Waals surface area contributed by atoms with Crippen LogP contribution in [0.4, 0.5) is 0 Å². The molecule has 3 unspecified atom stereocenters. The molecule has 4 heteroatoms. The second kappa shape index (κ2) is 7.31. The van der Waals surface area contributed by atoms with Crippen LogP contribution in [0.3, 0.4) is 0 Å². The van der Waals surface area contributed by atoms with E-state index in [4.69, 9.17) is 10.5 Å². The zero-order valence-electron chi connectivity index (χ0n) is 12.2. The molecule has 0 heterocycles. The molecule has 3 atom stereocenters. The largest absolute Gasteiger partial charge is 0.395 e. The van der Waals surface area contributed by atoms with Crippen LogP contribution in [0.15, 0.2) is 0 Å². The maximum Gasteiger partial charge on any atom is 0.0615 e. The molecule has 0 aliphatic carbocycles. The van der Waals surface area contributed by atoms with Crippen molar-refractivity contribution < 1.29 is 9.84 Å². The fraction of sp³-hybridized carbons (Fsp3) is 1.00. The molecule has 0 aliphatic heterocycles. The summed E-state index contributed by atoms with van der Waals surface area (Å²) in [4.78, 5) is 2.22. The SMILES string of the molecule is CCN(C(C)COC)C(CO)C(N)C(C)(C)C. The van der Waals surface area contributed by atoms with Gasteiger partial charge >= 0.3 is 0 Å². The fourth-order valence-electron chi connectivity index (χ4n) is 2.21. The van der Waals surface area contributed by atoms with Crippen molar-refractivity contribution in [3.63, 3.8) is 0 Å². The summed E-state index contributed by atoms with van der Waals surface area (Å²) >= 11 is 0. The number of rotatable bonds is 7. The van der Waals surface area contributed by atoms with Crippen LogP contribution in [-0.4, -0.2) is 55.0 Å². The first-order valence-electron chi connectivity index (χ1n) is 6.40. The Kier molecular flexibility index (Phi) is 7.24. The van der Waals surface area contributed by atoms with Crippen LogP contribution < -0.4 is 5.73 Å². The van der Waals surface area contributed by atoms with Crippen molar-refractivity contribution in [2.45, 2.75) is 52.7 Å². The molecule has 0 aliphatic rings. The van der Waals surface area contributed by atoms with E-state index in [1.807, 2.05) is 0 Å². The highest BCUT2D eigenvalue weighted by Gasteiger charge is 2.33. The predicted molar refractivity (Wildman–Crippen MR) is 72.0 cm³/mol. The Balaban J connectivity index is 4.81. The zero-order chi connectivity index (χ0) is 13.6. The van der Waals surface area contributed by atoms with Gasteiger partial charge in [0.25, 0.3) is 0 Å². The Labute approximate surface area is 106 Å². The summed E-state index contributed by atoms with van der Waals surface area (Å²) in [7, 11) is 1.70. The average Bonchev–Trinajstić information content (AvgIpc) is 2.23. The molecule has 0 amide bonds. The lowest BCUT2D eigenvalue weighted by Crippen LogP contribution is -2.58. The van der Waals surface area contributed by atoms with Gasteiger partial charge in [-0.25, -0.2) is 0 Å². The van der Waals surface area contributed by atoms with Crippen molar-refractivity contribution >= 4 is 0 Å². The van der Waals surface area contributed by atoms with Crippen LogP contribution >= 0.6 is 0 Å². The van der Waals surface area contributed by atoms with Gasteiger partial charge in [-0.2, -0.15) is 0 Å². The second-order valence-electron chi connectivity index (χ2n) is 5.78. The van der Waals surface area contributed by atoms with Crippen LogP contribution in [0.2, 0.25) is 0 Å². The number of hydrogen-bond acceptors (Lipinski definition) is 4. The number of nitrogens with two attached hydrogens (primary N) is 1. The van der Waals surface area contributed by atoms with Gasteiger partial charge in [-0.15, -0.1) is 0 Å². The number of methoxy groups -OCH3 is 1. The first-order chi connectivity index (χ1) is 7.79. The summed E-state index contributed by atoms with van der Waals surface area (Å²) in [5.41, 5.74) is 6.25. The molecule has 0 fully saturated rings. The lowest BCUT2D eigenvalue weighted by atomic mass is 9.82. The highest BCUT2D eigenvalue weighted by Crippen LogP contribution is 2.23. The van der Waals surface area contributed by atoms with Crippen molar-refractivity contribution in [2.24, 2.45) is 11.1 Å². The molecule has 0 rings (SSSR count). The number of aliphatic hydroxyl groups is 1. The van der Waals surface area contributed by atoms with Crippen molar-refractivity contribution in [1.82, 2.24) is 4.90 Å². The van der Waals surface area contributed by atoms with Gasteiger partial charge in [-0.1, -0.05) is 27.7 Å². The monoisotopic (exact) mass is 246 g/mol. The third-order valence-corrected chi connectivity index (χ3v) is 3.37. The lowest BCUT2D eigenvalue weighted by Gasteiger charge is -2.42. The van der Waals surface area contributed by atoms with Gasteiger partial charge < -0.3 is 15.6 Å². The van der Waals surface area contributed by atoms with Gasteiger partial charge in [0.15, 0.2) is 0 Å². The number of hydrogen-bond donors (Lipinski definition) is 2. The molecule has 4 nitrogen and oxygen atoms in total. The lowest BCUT2D eigenvalue weighted by molar-refractivity contribution is 0.0202. The molecule has 0 spiro atoms. The number of likely N-dealkylation sites (N-methyl/N-ethyl adjacent to an activating group) is 1. The second-order valence-corrected chi connectivity index (χ2v) is 5.78. The molecular formula is C13H30N2O2. The van der Waals surface area contributed by atoms with Gasteiger partial charge in [0.1, 0.15) is 0 Å². The fourth-order valence-corrected chi connectivity index (χ4v) is 2.21. The molecule has 0 radical (unpaired) electrons. The Morgan fingerprint density at radius 3 is 2.18 bits per heavy atom. The van der Waals surface area contributed by atoms with Crippen molar-refractivity contribution in [3.05, 3.63) is 0 Å². The summed E-state index contributed by atoms with van der Waals surface area (Å²) in [5.74, 6) is 0. The van der Waals surface area contributed by atoms with Crippen molar-refractivity contribution in [2.75, 3.05) is 26.9 Å². The molecule has 3 N–H and O–H groups in total. The maximum absolute atomic E-state index is 9.62. The number of nitrogens with zero attached hydrogens (tertiary/aromatic N) is 1. The molecule has 104 valence electrons. The molecule has 17 heavy (non-hydrogen) atoms. The van der Waals surface area contributed by atoms with E-state index in [-0.39, 0.29) is 30.1 Å². The van der Waals surface area contributed by atoms with E-state index >= 15 is 0 Å². The third kappa shape index (κ3) is 4.92. The van der Waals surface area contributed by atoms with Gasteiger partial charge in [-0.05, 0) is 18.9 Å². The van der Waals surface area contributed by atoms with E-state index < -0.39 is 0 Å². The van der Waals surface area contributed by atoms with E-state index in [1.54, 1.807) is 7.11 Å². The molecule has 0 aromatic heterocycles. The predicted octanol–water partition coefficient (Wildman–Crippen LogP) is 1.08. The number of ether oxygens (including phenoxy) is 1. The smallest absolute Gasteiger partial charge is 0.0615 e. The van der Waals surface area contributed by atoms with Gasteiger partial charge in [0.2, 0.25) is 0 Å². The summed E-state index contributed by atoms with van der Waals surface area (Å²) in [6, 6.07) is 0.174. The third-order valence-electron chi connectivity index (χ3n) is 3.37. The summed E-state index contributed by atoms with van der Waals surface area (Å²) in [6.07, 6.45) is 0. The van der Waals surface area contributed by atoms with Crippen molar-refractivity contribution in [3.8, 4) is 0 Å². The summed E-state index contributed by atoms with van der Waals surface area (Å²) in [5, 5.41) is 9.62. The Morgan fingerprint density at radius 1 is 1.35 bits per heavy atom. The standard InChI is InChI=1S/C13H30N2O2/c1-7-15(10(2)9-17-6)11(8-16)12(14)13(3,4)5/h10-12,16H,7-9,14H2,1-6H3. The minimum absolute atomic E-state index is 0.0202. The van der Waals surface area contributed by atoms with Gasteiger partial charge in [0, 0.05) is 25.2 Å². The molecular weight excluding hydrogens is 216 g/mol. The zero-order valence-corrected chi connectivity index (χ0v) is 12.2. The highest BCUT2D eigenvalue weighted by atomic mass is 16.5. The van der Waals surface area contributed by atoms with Crippen LogP contribution in [-0.2, 0) is 4.74 Å². The van der Waals surface area contributed by atoms with Crippen LogP contribution in [0.25, 0.3) is 0 Å². The van der Waals surface area contributed by atoms with Crippen LogP contribution in [0.5, 0.6) is 0 Å². The van der Waals surface area contributed by atoms with E-state index in [0.717, 1.165) is 6.54 Å². The maximum atomic E-state index is 9.62. The highest BCUT2D eigenvalue weighted by molar-refractivity contribution is 4.91. The summed E-state index contributed by atoms with van der Waals surface area (Å²) < 4.78 is 5.18.